The maximum Gasteiger partial charge on any atom is 0.126 e. The van der Waals surface area contributed by atoms with E-state index in [0.29, 0.717) is 17.7 Å². The minimum Gasteiger partial charge on any atom is -0.399 e. The first kappa shape index (κ1) is 9.99. The zero-order valence-corrected chi connectivity index (χ0v) is 7.97. The third-order valence-electron chi connectivity index (χ3n) is 1.72. The van der Waals surface area contributed by atoms with Gasteiger partial charge in [0.15, 0.2) is 0 Å². The molecule has 0 spiro atoms. The maximum atomic E-state index is 13.2. The minimum absolute atomic E-state index is 0.243. The lowest BCUT2D eigenvalue weighted by Crippen LogP contribution is -2.34. The van der Waals surface area contributed by atoms with E-state index >= 15 is 0 Å². The smallest absolute Gasteiger partial charge is 0.126 e. The van der Waals surface area contributed by atoms with E-state index in [9.17, 15) is 4.39 Å². The van der Waals surface area contributed by atoms with E-state index in [4.69, 9.17) is 11.5 Å². The monoisotopic (exact) mass is 182 g/mol. The van der Waals surface area contributed by atoms with Crippen LogP contribution in [-0.4, -0.2) is 5.54 Å². The number of benzene rings is 1. The minimum atomic E-state index is -0.408. The van der Waals surface area contributed by atoms with Crippen molar-refractivity contribution in [1.82, 2.24) is 0 Å². The second kappa shape index (κ2) is 3.34. The number of nitrogen functional groups attached to an aromatic ring is 1. The van der Waals surface area contributed by atoms with Crippen molar-refractivity contribution < 1.29 is 4.39 Å². The number of halogens is 1. The first-order valence-corrected chi connectivity index (χ1v) is 4.21. The van der Waals surface area contributed by atoms with Crippen LogP contribution < -0.4 is 11.5 Å². The highest BCUT2D eigenvalue weighted by Gasteiger charge is 2.14. The van der Waals surface area contributed by atoms with Crippen LogP contribution in [0.15, 0.2) is 18.2 Å². The number of hydrogen-bond donors (Lipinski definition) is 2. The molecule has 0 aliphatic rings. The average molecular weight is 182 g/mol. The van der Waals surface area contributed by atoms with Crippen molar-refractivity contribution in [1.29, 1.82) is 0 Å². The summed E-state index contributed by atoms with van der Waals surface area (Å²) in [6.45, 7) is 3.71. The Morgan fingerprint density at radius 2 is 2.00 bits per heavy atom. The Hall–Kier alpha value is -1.09. The van der Waals surface area contributed by atoms with Crippen LogP contribution in [0.5, 0.6) is 0 Å². The topological polar surface area (TPSA) is 52.0 Å². The van der Waals surface area contributed by atoms with E-state index < -0.39 is 5.54 Å². The second-order valence-corrected chi connectivity index (χ2v) is 4.02. The summed E-state index contributed by atoms with van der Waals surface area (Å²) in [6.07, 6.45) is 0.490. The van der Waals surface area contributed by atoms with Gasteiger partial charge in [-0.1, -0.05) is 0 Å². The van der Waals surface area contributed by atoms with Gasteiger partial charge in [0.1, 0.15) is 5.82 Å². The van der Waals surface area contributed by atoms with Crippen molar-refractivity contribution in [3.8, 4) is 0 Å². The normalized spacial score (nSPS) is 11.7. The van der Waals surface area contributed by atoms with Crippen LogP contribution in [0.4, 0.5) is 10.1 Å². The fourth-order valence-electron chi connectivity index (χ4n) is 1.22. The molecule has 1 rings (SSSR count). The molecule has 1 aromatic carbocycles. The summed E-state index contributed by atoms with van der Waals surface area (Å²) in [4.78, 5) is 0. The number of rotatable bonds is 2. The van der Waals surface area contributed by atoms with Gasteiger partial charge in [0.25, 0.3) is 0 Å². The van der Waals surface area contributed by atoms with Gasteiger partial charge in [-0.05, 0) is 44.0 Å². The molecule has 3 heteroatoms. The summed E-state index contributed by atoms with van der Waals surface area (Å²) in [6, 6.07) is 4.54. The Balaban J connectivity index is 2.94. The number of anilines is 1. The van der Waals surface area contributed by atoms with Crippen LogP contribution in [0.1, 0.15) is 19.4 Å². The zero-order valence-electron chi connectivity index (χ0n) is 7.97. The van der Waals surface area contributed by atoms with Gasteiger partial charge in [-0.3, -0.25) is 0 Å². The van der Waals surface area contributed by atoms with E-state index in [1.165, 1.54) is 6.07 Å². The molecule has 0 bridgehead atoms. The summed E-state index contributed by atoms with van der Waals surface area (Å²) >= 11 is 0. The molecule has 0 aliphatic heterocycles. The molecule has 13 heavy (non-hydrogen) atoms. The van der Waals surface area contributed by atoms with Gasteiger partial charge < -0.3 is 11.5 Å². The van der Waals surface area contributed by atoms with E-state index in [-0.39, 0.29) is 5.82 Å². The molecule has 1 aromatic rings. The molecule has 0 amide bonds. The Bertz CT molecular complexity index is 302. The Kier molecular flexibility index (Phi) is 2.57. The van der Waals surface area contributed by atoms with Gasteiger partial charge in [0.2, 0.25) is 0 Å². The SMILES string of the molecule is CC(C)(N)Cc1cc(N)ccc1F. The van der Waals surface area contributed by atoms with Crippen molar-refractivity contribution >= 4 is 5.69 Å². The van der Waals surface area contributed by atoms with Crippen molar-refractivity contribution in [2.24, 2.45) is 5.73 Å². The summed E-state index contributed by atoms with van der Waals surface area (Å²) in [5.74, 6) is -0.243. The summed E-state index contributed by atoms with van der Waals surface area (Å²) in [5, 5.41) is 0. The Morgan fingerprint density at radius 3 is 2.54 bits per heavy atom. The van der Waals surface area contributed by atoms with Crippen molar-refractivity contribution in [2.75, 3.05) is 5.73 Å². The maximum absolute atomic E-state index is 13.2. The Labute approximate surface area is 77.7 Å². The molecular formula is C10H15FN2. The van der Waals surface area contributed by atoms with E-state index in [1.54, 1.807) is 12.1 Å². The van der Waals surface area contributed by atoms with Gasteiger partial charge in [0, 0.05) is 11.2 Å². The number of hydrogen-bond acceptors (Lipinski definition) is 2. The molecule has 72 valence electrons. The first-order chi connectivity index (χ1) is 5.88. The summed E-state index contributed by atoms with van der Waals surface area (Å²) in [7, 11) is 0. The lowest BCUT2D eigenvalue weighted by atomic mass is 9.96. The predicted molar refractivity (Wildman–Crippen MR) is 52.8 cm³/mol. The average Bonchev–Trinajstić information content (AvgIpc) is 1.94. The molecular weight excluding hydrogens is 167 g/mol. The molecule has 0 saturated heterocycles. The largest absolute Gasteiger partial charge is 0.399 e. The van der Waals surface area contributed by atoms with Crippen molar-refractivity contribution in [3.05, 3.63) is 29.6 Å². The molecule has 0 aliphatic carbocycles. The van der Waals surface area contributed by atoms with Crippen LogP contribution >= 0.6 is 0 Å². The highest BCUT2D eigenvalue weighted by Crippen LogP contribution is 2.16. The standard InChI is InChI=1S/C10H15FN2/c1-10(2,13)6-7-5-8(12)3-4-9(7)11/h3-5H,6,12-13H2,1-2H3. The van der Waals surface area contributed by atoms with Crippen LogP contribution in [0.2, 0.25) is 0 Å². The summed E-state index contributed by atoms with van der Waals surface area (Å²) < 4.78 is 13.2. The van der Waals surface area contributed by atoms with Crippen molar-refractivity contribution in [3.63, 3.8) is 0 Å². The van der Waals surface area contributed by atoms with E-state index in [1.807, 2.05) is 13.8 Å². The van der Waals surface area contributed by atoms with Gasteiger partial charge in [-0.15, -0.1) is 0 Å². The highest BCUT2D eigenvalue weighted by atomic mass is 19.1. The highest BCUT2D eigenvalue weighted by molar-refractivity contribution is 5.41. The first-order valence-electron chi connectivity index (χ1n) is 4.21. The van der Waals surface area contributed by atoms with E-state index in [2.05, 4.69) is 0 Å². The van der Waals surface area contributed by atoms with Crippen LogP contribution in [0.25, 0.3) is 0 Å². The van der Waals surface area contributed by atoms with Gasteiger partial charge >= 0.3 is 0 Å². The summed E-state index contributed by atoms with van der Waals surface area (Å²) in [5.41, 5.74) is 12.1. The zero-order chi connectivity index (χ0) is 10.1. The Morgan fingerprint density at radius 1 is 1.38 bits per heavy atom. The van der Waals surface area contributed by atoms with Gasteiger partial charge in [0.05, 0.1) is 0 Å². The quantitative estimate of drug-likeness (QED) is 0.684. The molecule has 0 saturated carbocycles. The molecule has 0 radical (unpaired) electrons. The van der Waals surface area contributed by atoms with Gasteiger partial charge in [-0.25, -0.2) is 4.39 Å². The van der Waals surface area contributed by atoms with Crippen LogP contribution in [-0.2, 0) is 6.42 Å². The number of nitrogens with two attached hydrogens (primary N) is 2. The van der Waals surface area contributed by atoms with Crippen molar-refractivity contribution in [2.45, 2.75) is 25.8 Å². The lowest BCUT2D eigenvalue weighted by molar-refractivity contribution is 0.497. The molecule has 0 fully saturated rings. The van der Waals surface area contributed by atoms with E-state index in [0.717, 1.165) is 0 Å². The molecule has 0 aromatic heterocycles. The van der Waals surface area contributed by atoms with Crippen LogP contribution in [0, 0.1) is 5.82 Å². The molecule has 0 atom stereocenters. The lowest BCUT2D eigenvalue weighted by Gasteiger charge is -2.18. The fraction of sp³-hybridized carbons (Fsp3) is 0.400. The predicted octanol–water partition coefficient (Wildman–Crippen LogP) is 1.69. The third-order valence-corrected chi connectivity index (χ3v) is 1.72. The molecule has 0 heterocycles. The second-order valence-electron chi connectivity index (χ2n) is 4.02. The third kappa shape index (κ3) is 3.03. The van der Waals surface area contributed by atoms with Gasteiger partial charge in [-0.2, -0.15) is 0 Å². The molecule has 0 unspecified atom stereocenters. The molecule has 4 N–H and O–H groups in total. The van der Waals surface area contributed by atoms with Crippen LogP contribution in [0.3, 0.4) is 0 Å². The fourth-order valence-corrected chi connectivity index (χ4v) is 1.22. The molecule has 2 nitrogen and oxygen atoms in total.